The summed E-state index contributed by atoms with van der Waals surface area (Å²) in [6.45, 7) is 7.39. The van der Waals surface area contributed by atoms with E-state index in [1.807, 2.05) is 0 Å². The number of fused-ring (bicyclic) bond motifs is 3. The molecule has 24 heavy (non-hydrogen) atoms. The second-order valence-corrected chi connectivity index (χ2v) is 8.61. The number of unbranched alkanes of at least 4 members (excludes halogenated alkanes) is 1. The fraction of sp³-hybridized carbons (Fsp3) is 0.421. The van der Waals surface area contributed by atoms with E-state index in [4.69, 9.17) is 4.55 Å². The molecule has 0 atom stereocenters. The lowest BCUT2D eigenvalue weighted by molar-refractivity contribution is -0.439. The van der Waals surface area contributed by atoms with E-state index in [0.717, 1.165) is 13.0 Å². The van der Waals surface area contributed by atoms with Crippen molar-refractivity contribution in [3.8, 4) is 0 Å². The Bertz CT molecular complexity index is 927. The van der Waals surface area contributed by atoms with Crippen molar-refractivity contribution in [1.82, 2.24) is 0 Å². The number of hydrogen-bond donors (Lipinski definition) is 1. The van der Waals surface area contributed by atoms with E-state index in [2.05, 4.69) is 61.7 Å². The van der Waals surface area contributed by atoms with Crippen molar-refractivity contribution in [2.24, 2.45) is 0 Å². The first-order chi connectivity index (χ1) is 11.2. The quantitative estimate of drug-likeness (QED) is 0.507. The Balaban J connectivity index is 1.95. The third kappa shape index (κ3) is 2.98. The highest BCUT2D eigenvalue weighted by Gasteiger charge is 2.43. The van der Waals surface area contributed by atoms with Crippen molar-refractivity contribution in [2.45, 2.75) is 39.0 Å². The number of rotatable bonds is 5. The van der Waals surface area contributed by atoms with Crippen LogP contribution in [0.2, 0.25) is 0 Å². The van der Waals surface area contributed by atoms with Gasteiger partial charge in [-0.3, -0.25) is 4.55 Å². The molecule has 0 amide bonds. The molecule has 2 aromatic rings. The summed E-state index contributed by atoms with van der Waals surface area (Å²) in [7, 11) is -3.87. The lowest BCUT2D eigenvalue weighted by Gasteiger charge is -2.17. The highest BCUT2D eigenvalue weighted by atomic mass is 32.2. The van der Waals surface area contributed by atoms with Crippen LogP contribution in [0.4, 0.5) is 5.69 Å². The summed E-state index contributed by atoms with van der Waals surface area (Å²) in [6.07, 6.45) is 1.19. The predicted octanol–water partition coefficient (Wildman–Crippen LogP) is 3.90. The van der Waals surface area contributed by atoms with Crippen LogP contribution in [0.25, 0.3) is 10.8 Å². The summed E-state index contributed by atoms with van der Waals surface area (Å²) in [6, 6.07) is 12.7. The Kier molecular flexibility index (Phi) is 4.26. The normalized spacial score (nSPS) is 16.7. The van der Waals surface area contributed by atoms with Crippen LogP contribution in [0.1, 0.15) is 39.2 Å². The molecule has 1 aliphatic rings. The minimum atomic E-state index is -3.87. The van der Waals surface area contributed by atoms with Gasteiger partial charge >= 0.3 is 0 Å². The Hall–Kier alpha value is -1.72. The van der Waals surface area contributed by atoms with Gasteiger partial charge in [-0.15, -0.1) is 0 Å². The predicted molar refractivity (Wildman–Crippen MR) is 98.1 cm³/mol. The van der Waals surface area contributed by atoms with Crippen LogP contribution in [0.15, 0.2) is 36.4 Å². The minimum absolute atomic E-state index is 0.0563. The van der Waals surface area contributed by atoms with Crippen LogP contribution < -0.4 is 0 Å². The second-order valence-electron chi connectivity index (χ2n) is 7.04. The molecule has 1 N–H and O–H groups in total. The summed E-state index contributed by atoms with van der Waals surface area (Å²) in [4.78, 5) is 0. The standard InChI is InChI=1S/C19H23NO3S/c1-14-19(2,3)18-16-9-5-4-8-15(16)10-11-17(18)20(14)12-6-7-13-24(21,22)23/h4-5,8-11H,6-7,12-13H2,1-3H3/p+1. The van der Waals surface area contributed by atoms with Gasteiger partial charge in [0.15, 0.2) is 5.71 Å². The molecule has 1 aliphatic heterocycles. The summed E-state index contributed by atoms with van der Waals surface area (Å²) < 4.78 is 32.9. The molecule has 0 radical (unpaired) electrons. The van der Waals surface area contributed by atoms with Crippen LogP contribution in [0, 0.1) is 0 Å². The summed E-state index contributed by atoms with van der Waals surface area (Å²) in [5.74, 6) is -0.173. The van der Waals surface area contributed by atoms with Crippen LogP contribution >= 0.6 is 0 Å². The van der Waals surface area contributed by atoms with Crippen molar-refractivity contribution >= 4 is 32.3 Å². The zero-order chi connectivity index (χ0) is 17.5. The van der Waals surface area contributed by atoms with Gasteiger partial charge in [-0.25, -0.2) is 0 Å². The molecule has 4 nitrogen and oxygen atoms in total. The van der Waals surface area contributed by atoms with Crippen molar-refractivity contribution < 1.29 is 17.5 Å². The first kappa shape index (κ1) is 17.1. The van der Waals surface area contributed by atoms with E-state index in [1.54, 1.807) is 0 Å². The molecule has 0 saturated carbocycles. The lowest BCUT2D eigenvalue weighted by atomic mass is 9.80. The zero-order valence-corrected chi connectivity index (χ0v) is 15.2. The highest BCUT2D eigenvalue weighted by Crippen LogP contribution is 2.43. The number of hydrogen-bond acceptors (Lipinski definition) is 2. The number of nitrogens with zero attached hydrogens (tertiary/aromatic N) is 1. The average molecular weight is 346 g/mol. The number of benzene rings is 2. The van der Waals surface area contributed by atoms with Gasteiger partial charge in [0.2, 0.25) is 5.69 Å². The maximum Gasteiger partial charge on any atom is 0.264 e. The minimum Gasteiger partial charge on any atom is -0.286 e. The van der Waals surface area contributed by atoms with Gasteiger partial charge in [-0.05, 0) is 37.1 Å². The maximum atomic E-state index is 10.9. The molecule has 128 valence electrons. The van der Waals surface area contributed by atoms with Crippen LogP contribution in [0.3, 0.4) is 0 Å². The molecule has 0 saturated heterocycles. The molecule has 5 heteroatoms. The zero-order valence-electron chi connectivity index (χ0n) is 14.4. The van der Waals surface area contributed by atoms with Crippen LogP contribution in [-0.2, 0) is 15.5 Å². The largest absolute Gasteiger partial charge is 0.286 e. The average Bonchev–Trinajstić information content (AvgIpc) is 2.71. The monoisotopic (exact) mass is 346 g/mol. The fourth-order valence-corrected chi connectivity index (χ4v) is 4.25. The topological polar surface area (TPSA) is 57.4 Å². The first-order valence-electron chi connectivity index (χ1n) is 8.31. The van der Waals surface area contributed by atoms with E-state index in [1.165, 1.54) is 27.7 Å². The molecule has 1 heterocycles. The Labute approximate surface area is 143 Å². The Morgan fingerprint density at radius 1 is 1.08 bits per heavy atom. The molecule has 0 unspecified atom stereocenters. The van der Waals surface area contributed by atoms with Gasteiger partial charge in [0.25, 0.3) is 10.1 Å². The van der Waals surface area contributed by atoms with Gasteiger partial charge in [-0.2, -0.15) is 13.0 Å². The molecule has 0 fully saturated rings. The molecule has 2 aromatic carbocycles. The Morgan fingerprint density at radius 3 is 2.50 bits per heavy atom. The molecular weight excluding hydrogens is 322 g/mol. The maximum absolute atomic E-state index is 10.9. The van der Waals surface area contributed by atoms with Crippen molar-refractivity contribution in [3.05, 3.63) is 42.0 Å². The first-order valence-corrected chi connectivity index (χ1v) is 9.92. The molecule has 0 bridgehead atoms. The molecule has 0 aromatic heterocycles. The van der Waals surface area contributed by atoms with Crippen LogP contribution in [-0.4, -0.2) is 35.6 Å². The molecule has 3 rings (SSSR count). The van der Waals surface area contributed by atoms with Crippen LogP contribution in [0.5, 0.6) is 0 Å². The van der Waals surface area contributed by atoms with Gasteiger partial charge in [0.1, 0.15) is 6.54 Å². The second kappa shape index (κ2) is 5.97. The third-order valence-electron chi connectivity index (χ3n) is 5.17. The third-order valence-corrected chi connectivity index (χ3v) is 5.97. The van der Waals surface area contributed by atoms with Crippen molar-refractivity contribution in [2.75, 3.05) is 12.3 Å². The highest BCUT2D eigenvalue weighted by molar-refractivity contribution is 7.85. The van der Waals surface area contributed by atoms with Gasteiger partial charge < -0.3 is 0 Å². The van der Waals surface area contributed by atoms with Gasteiger partial charge in [0.05, 0.1) is 11.2 Å². The van der Waals surface area contributed by atoms with E-state index in [-0.39, 0.29) is 11.2 Å². The van der Waals surface area contributed by atoms with E-state index < -0.39 is 10.1 Å². The smallest absolute Gasteiger partial charge is 0.264 e. The fourth-order valence-electron chi connectivity index (χ4n) is 3.68. The molecular formula is C19H24NO3S+. The SMILES string of the molecule is CC1=[N+](CCCCS(=O)(=O)O)c2ccc3ccccc3c2C1(C)C. The van der Waals surface area contributed by atoms with E-state index in [9.17, 15) is 8.42 Å². The molecule has 0 spiro atoms. The summed E-state index contributed by atoms with van der Waals surface area (Å²) >= 11 is 0. The van der Waals surface area contributed by atoms with Gasteiger partial charge in [0, 0.05) is 25.0 Å². The van der Waals surface area contributed by atoms with E-state index in [0.29, 0.717) is 6.42 Å². The van der Waals surface area contributed by atoms with Gasteiger partial charge in [-0.1, -0.05) is 24.3 Å². The Morgan fingerprint density at radius 2 is 1.79 bits per heavy atom. The summed E-state index contributed by atoms with van der Waals surface area (Å²) in [5.41, 5.74) is 3.77. The van der Waals surface area contributed by atoms with E-state index >= 15 is 0 Å². The summed E-state index contributed by atoms with van der Waals surface area (Å²) in [5, 5.41) is 2.52. The molecule has 0 aliphatic carbocycles. The van der Waals surface area contributed by atoms with Crippen molar-refractivity contribution in [3.63, 3.8) is 0 Å². The van der Waals surface area contributed by atoms with Crippen molar-refractivity contribution in [1.29, 1.82) is 0 Å². The lowest BCUT2D eigenvalue weighted by Crippen LogP contribution is -2.27.